The highest BCUT2D eigenvalue weighted by atomic mass is 32.1. The van der Waals surface area contributed by atoms with E-state index >= 15 is 0 Å². The van der Waals surface area contributed by atoms with Gasteiger partial charge >= 0.3 is 0 Å². The summed E-state index contributed by atoms with van der Waals surface area (Å²) in [5.74, 6) is 0. The molecular weight excluding hydrogens is 224 g/mol. The molecule has 0 aromatic carbocycles. The fraction of sp³-hybridized carbons (Fsp3) is 0. The average Bonchev–Trinajstić information content (AvgIpc) is 3.01. The average molecular weight is 232 g/mol. The highest BCUT2D eigenvalue weighted by Crippen LogP contribution is 2.33. The van der Waals surface area contributed by atoms with E-state index in [1.54, 1.807) is 29.0 Å². The molecule has 4 heteroatoms. The van der Waals surface area contributed by atoms with Gasteiger partial charge in [0.25, 0.3) is 0 Å². The number of thiophene rings is 2. The first kappa shape index (κ1) is 8.88. The molecule has 0 fully saturated rings. The van der Waals surface area contributed by atoms with E-state index < -0.39 is 0 Å². The monoisotopic (exact) mass is 232 g/mol. The van der Waals surface area contributed by atoms with Gasteiger partial charge in [-0.2, -0.15) is 0 Å². The molecule has 0 aliphatic heterocycles. The Hall–Kier alpha value is -1.39. The molecule has 0 spiro atoms. The highest BCUT2D eigenvalue weighted by Gasteiger charge is 2.11. The number of rotatable bonds is 2. The molecule has 1 N–H and O–H groups in total. The van der Waals surface area contributed by atoms with Gasteiger partial charge in [-0.15, -0.1) is 22.7 Å². The molecule has 0 amide bonds. The van der Waals surface area contributed by atoms with E-state index in [-0.39, 0.29) is 0 Å². The van der Waals surface area contributed by atoms with Crippen molar-refractivity contribution in [1.29, 1.82) is 0 Å². The van der Waals surface area contributed by atoms with Crippen LogP contribution in [0.15, 0.2) is 41.4 Å². The van der Waals surface area contributed by atoms with Gasteiger partial charge in [-0.05, 0) is 22.9 Å². The van der Waals surface area contributed by atoms with E-state index in [0.29, 0.717) is 0 Å². The summed E-state index contributed by atoms with van der Waals surface area (Å²) in [4.78, 5) is 10.0. The summed E-state index contributed by atoms with van der Waals surface area (Å²) in [5.41, 5.74) is 2.17. The standard InChI is InChI=1S/C11H8N2S2/c1-3-8(14-5-1)10-11(13-7-12-10)9-4-2-6-15-9/h1-7H,(H,12,13). The predicted molar refractivity (Wildman–Crippen MR) is 65.2 cm³/mol. The van der Waals surface area contributed by atoms with Crippen LogP contribution in [0.25, 0.3) is 21.1 Å². The number of H-pyrrole nitrogens is 1. The number of aromatic amines is 1. The van der Waals surface area contributed by atoms with Crippen molar-refractivity contribution in [2.45, 2.75) is 0 Å². The van der Waals surface area contributed by atoms with Crippen molar-refractivity contribution >= 4 is 22.7 Å². The highest BCUT2D eigenvalue weighted by molar-refractivity contribution is 7.14. The van der Waals surface area contributed by atoms with Crippen molar-refractivity contribution in [2.24, 2.45) is 0 Å². The van der Waals surface area contributed by atoms with Crippen molar-refractivity contribution in [3.63, 3.8) is 0 Å². The molecule has 0 saturated heterocycles. The number of aromatic nitrogens is 2. The van der Waals surface area contributed by atoms with Gasteiger partial charge in [0.2, 0.25) is 0 Å². The summed E-state index contributed by atoms with van der Waals surface area (Å²) in [6, 6.07) is 8.30. The third-order valence-electron chi connectivity index (χ3n) is 2.16. The Morgan fingerprint density at radius 2 is 1.73 bits per heavy atom. The summed E-state index contributed by atoms with van der Waals surface area (Å²) in [6.45, 7) is 0. The number of hydrogen-bond acceptors (Lipinski definition) is 3. The van der Waals surface area contributed by atoms with Gasteiger partial charge < -0.3 is 4.98 Å². The smallest absolute Gasteiger partial charge is 0.107 e. The van der Waals surface area contributed by atoms with Crippen molar-refractivity contribution in [3.05, 3.63) is 41.4 Å². The SMILES string of the molecule is c1csc(-c2nc[nH]c2-c2cccs2)c1. The Labute approximate surface area is 95.3 Å². The second-order valence-electron chi connectivity index (χ2n) is 3.08. The van der Waals surface area contributed by atoms with Gasteiger partial charge in [-0.1, -0.05) is 12.1 Å². The van der Waals surface area contributed by atoms with Crippen LogP contribution in [0.3, 0.4) is 0 Å². The van der Waals surface area contributed by atoms with Crippen LogP contribution in [0.2, 0.25) is 0 Å². The van der Waals surface area contributed by atoms with Crippen LogP contribution in [0, 0.1) is 0 Å². The van der Waals surface area contributed by atoms with Crippen molar-refractivity contribution in [3.8, 4) is 21.1 Å². The van der Waals surface area contributed by atoms with Gasteiger partial charge in [0, 0.05) is 0 Å². The molecule has 3 rings (SSSR count). The van der Waals surface area contributed by atoms with E-state index in [2.05, 4.69) is 38.9 Å². The van der Waals surface area contributed by atoms with Crippen LogP contribution < -0.4 is 0 Å². The second-order valence-corrected chi connectivity index (χ2v) is 4.98. The first-order chi connectivity index (χ1) is 7.45. The largest absolute Gasteiger partial charge is 0.343 e. The Balaban J connectivity index is 2.15. The molecule has 15 heavy (non-hydrogen) atoms. The summed E-state index contributed by atoms with van der Waals surface area (Å²) >= 11 is 3.44. The number of imidazole rings is 1. The lowest BCUT2D eigenvalue weighted by molar-refractivity contribution is 1.32. The van der Waals surface area contributed by atoms with Gasteiger partial charge in [0.05, 0.1) is 21.8 Å². The minimum absolute atomic E-state index is 1.05. The molecule has 0 bridgehead atoms. The molecule has 0 radical (unpaired) electrons. The molecule has 74 valence electrons. The third kappa shape index (κ3) is 1.52. The fourth-order valence-corrected chi connectivity index (χ4v) is 2.96. The van der Waals surface area contributed by atoms with Crippen LogP contribution in [-0.4, -0.2) is 9.97 Å². The first-order valence-electron chi connectivity index (χ1n) is 4.56. The van der Waals surface area contributed by atoms with Crippen molar-refractivity contribution in [2.75, 3.05) is 0 Å². The molecule has 0 aliphatic rings. The second kappa shape index (κ2) is 3.64. The number of hydrogen-bond donors (Lipinski definition) is 1. The molecule has 3 aromatic rings. The molecule has 2 nitrogen and oxygen atoms in total. The molecular formula is C11H8N2S2. The lowest BCUT2D eigenvalue weighted by Gasteiger charge is -1.96. The lowest BCUT2D eigenvalue weighted by Crippen LogP contribution is -1.76. The molecule has 3 aromatic heterocycles. The van der Waals surface area contributed by atoms with Gasteiger partial charge in [0.15, 0.2) is 0 Å². The maximum absolute atomic E-state index is 4.38. The van der Waals surface area contributed by atoms with Crippen molar-refractivity contribution < 1.29 is 0 Å². The minimum atomic E-state index is 1.05. The van der Waals surface area contributed by atoms with E-state index in [1.807, 2.05) is 6.07 Å². The zero-order valence-corrected chi connectivity index (χ0v) is 9.44. The fourth-order valence-electron chi connectivity index (χ4n) is 1.50. The Kier molecular flexibility index (Phi) is 2.16. The van der Waals surface area contributed by atoms with Crippen LogP contribution in [-0.2, 0) is 0 Å². The van der Waals surface area contributed by atoms with E-state index in [0.717, 1.165) is 11.4 Å². The topological polar surface area (TPSA) is 28.7 Å². The van der Waals surface area contributed by atoms with E-state index in [9.17, 15) is 0 Å². The zero-order valence-electron chi connectivity index (χ0n) is 7.81. The zero-order chi connectivity index (χ0) is 10.1. The molecule has 0 saturated carbocycles. The van der Waals surface area contributed by atoms with Gasteiger partial charge in [-0.3, -0.25) is 0 Å². The molecule has 0 atom stereocenters. The Bertz CT molecular complexity index is 486. The summed E-state index contributed by atoms with van der Waals surface area (Å²) in [7, 11) is 0. The Morgan fingerprint density at radius 1 is 1.00 bits per heavy atom. The Morgan fingerprint density at radius 3 is 2.40 bits per heavy atom. The molecule has 0 aliphatic carbocycles. The number of nitrogens with one attached hydrogen (secondary N) is 1. The molecule has 3 heterocycles. The minimum Gasteiger partial charge on any atom is -0.343 e. The summed E-state index contributed by atoms with van der Waals surface area (Å²) < 4.78 is 0. The lowest BCUT2D eigenvalue weighted by atomic mass is 10.2. The van der Waals surface area contributed by atoms with Gasteiger partial charge in [-0.25, -0.2) is 4.98 Å². The first-order valence-corrected chi connectivity index (χ1v) is 6.32. The van der Waals surface area contributed by atoms with Crippen LogP contribution >= 0.6 is 22.7 Å². The van der Waals surface area contributed by atoms with Crippen LogP contribution in [0.4, 0.5) is 0 Å². The summed E-state index contributed by atoms with van der Waals surface area (Å²) in [5, 5.41) is 4.15. The number of nitrogens with zero attached hydrogens (tertiary/aromatic N) is 1. The normalized spacial score (nSPS) is 10.7. The molecule has 0 unspecified atom stereocenters. The quantitative estimate of drug-likeness (QED) is 0.714. The predicted octanol–water partition coefficient (Wildman–Crippen LogP) is 3.87. The van der Waals surface area contributed by atoms with Crippen molar-refractivity contribution in [1.82, 2.24) is 9.97 Å². The maximum Gasteiger partial charge on any atom is 0.107 e. The third-order valence-corrected chi connectivity index (χ3v) is 3.93. The maximum atomic E-state index is 4.38. The summed E-state index contributed by atoms with van der Waals surface area (Å²) in [6.07, 6.45) is 1.75. The van der Waals surface area contributed by atoms with E-state index in [4.69, 9.17) is 0 Å². The van der Waals surface area contributed by atoms with Crippen LogP contribution in [0.1, 0.15) is 0 Å². The van der Waals surface area contributed by atoms with Gasteiger partial charge in [0.1, 0.15) is 5.69 Å². The van der Waals surface area contributed by atoms with E-state index in [1.165, 1.54) is 9.75 Å². The van der Waals surface area contributed by atoms with Crippen LogP contribution in [0.5, 0.6) is 0 Å².